The molecule has 9 aliphatic rings. The van der Waals surface area contributed by atoms with E-state index in [0.29, 0.717) is 0 Å². The normalized spacial score (nSPS) is 18.9. The number of fused-ring (bicyclic) bond motifs is 14. The lowest BCUT2D eigenvalue weighted by atomic mass is 9.34. The van der Waals surface area contributed by atoms with Gasteiger partial charge in [-0.3, -0.25) is 14.7 Å². The minimum atomic E-state index is -3.33. The number of rotatable bonds is 5. The summed E-state index contributed by atoms with van der Waals surface area (Å²) in [5.41, 5.74) is 17.6. The lowest BCUT2D eigenvalue weighted by molar-refractivity contribution is 0.218. The van der Waals surface area contributed by atoms with Gasteiger partial charge in [0.25, 0.3) is 24.5 Å². The van der Waals surface area contributed by atoms with Crippen molar-refractivity contribution in [2.45, 2.75) is 31.7 Å². The summed E-state index contributed by atoms with van der Waals surface area (Å²) in [5, 5.41) is 5.63. The van der Waals surface area contributed by atoms with Crippen LogP contribution in [0.5, 0.6) is 23.0 Å². The van der Waals surface area contributed by atoms with Gasteiger partial charge in [0.05, 0.1) is 58.1 Å². The third-order valence-electron chi connectivity index (χ3n) is 21.8. The first-order chi connectivity index (χ1) is 52.6. The minimum Gasteiger partial charge on any atom is -0.482 e. The summed E-state index contributed by atoms with van der Waals surface area (Å²) < 4.78 is 50.6. The number of hydrogen-bond donors (Lipinski definition) is 0. The van der Waals surface area contributed by atoms with Crippen molar-refractivity contribution < 1.29 is 28.0 Å². The predicted octanol–water partition coefficient (Wildman–Crippen LogP) is 11.7. The lowest BCUT2D eigenvalue weighted by Gasteiger charge is -2.42. The van der Waals surface area contributed by atoms with Crippen LogP contribution in [0.25, 0.3) is 0 Å². The van der Waals surface area contributed by atoms with Crippen LogP contribution in [0.3, 0.4) is 0 Å². The topological polar surface area (TPSA) is 110 Å². The summed E-state index contributed by atoms with van der Waals surface area (Å²) in [7, 11) is -6.18. The fourth-order valence-corrected chi connectivity index (χ4v) is 27.0. The Morgan fingerprint density at radius 3 is 1.13 bits per heavy atom. The molecule has 13 aromatic rings. The van der Waals surface area contributed by atoms with Crippen LogP contribution < -0.4 is 116 Å². The lowest BCUT2D eigenvalue weighted by Crippen LogP contribution is -2.75. The molecular formula is C88H64B4Br3FN6O5P2. The number of aromatic nitrogens is 3. The van der Waals surface area contributed by atoms with E-state index in [9.17, 15) is 4.57 Å². The van der Waals surface area contributed by atoms with Crippen molar-refractivity contribution in [1.82, 2.24) is 15.0 Å². The van der Waals surface area contributed by atoms with Gasteiger partial charge in [-0.15, -0.1) is 31.5 Å². The molecule has 109 heavy (non-hydrogen) atoms. The summed E-state index contributed by atoms with van der Waals surface area (Å²) in [6.45, 7) is -0.458. The van der Waals surface area contributed by atoms with Crippen molar-refractivity contribution in [2.24, 2.45) is 0 Å². The van der Waals surface area contributed by atoms with Crippen LogP contribution >= 0.6 is 61.7 Å². The maximum Gasteiger partial charge on any atom is 0.288 e. The van der Waals surface area contributed by atoms with Crippen molar-refractivity contribution in [3.05, 3.63) is 339 Å². The Bertz CT molecular complexity index is 5720. The van der Waals surface area contributed by atoms with Crippen molar-refractivity contribution >= 4 is 213 Å². The van der Waals surface area contributed by atoms with Crippen molar-refractivity contribution in [2.75, 3.05) is 14.7 Å². The monoisotopic (exact) mass is 1650 g/mol. The van der Waals surface area contributed by atoms with Crippen LogP contribution in [-0.2, 0) is 9.13 Å². The standard InChI is InChI=1S/C52H37B2N4O3P.C18H11B2Br2OP.C17H11BrN2O.CH4.FH/c59-62-48-26-11-1-14-36(48)53(50-30-28-34(32-55-50)57-40-18-3-7-22-44(40)60-45-23-8-4-19-41(45)57)38-16-13-17-39(52(38)62)54(37-15-2-12-27-49(37)62)51-31-29-35(33-56-51)58-42-20-5-9-24-46(42)61-47-25-10-6-21-43(47)58;21-19-12-6-1-3-10-16(12)24(23)17-11-4-2-7-13(17)20(22)15-9-5-8-14(19)18(15)24;18-17-10-9-12(11-19-17)20-13-5-1-3-7-15(13)21-16-8-4-2-6-14(16)20;;/h1-33,40,42,44,46H;1-11H;1-11H;1H4;1H. The van der Waals surface area contributed by atoms with Crippen LogP contribution in [0.4, 0.5) is 44.5 Å². The number of nitrogens with zero attached hydrogens (tertiary/aromatic N) is 6. The molecule has 0 spiro atoms. The number of allylic oxidation sites excluding steroid dienone is 4. The number of benzene rings is 10. The zero-order valence-corrected chi connectivity index (χ0v) is 64.1. The van der Waals surface area contributed by atoms with E-state index >= 15 is 4.57 Å². The van der Waals surface area contributed by atoms with Gasteiger partial charge in [0.2, 0.25) is 0 Å². The predicted molar refractivity (Wildman–Crippen MR) is 463 cm³/mol. The summed E-state index contributed by atoms with van der Waals surface area (Å²) in [6.07, 6.45) is 22.5. The summed E-state index contributed by atoms with van der Waals surface area (Å²) in [5.74, 6) is 3.39. The highest BCUT2D eigenvalue weighted by molar-refractivity contribution is 9.25. The van der Waals surface area contributed by atoms with Gasteiger partial charge < -0.3 is 38.0 Å². The molecule has 0 saturated heterocycles. The minimum absolute atomic E-state index is 0. The van der Waals surface area contributed by atoms with E-state index in [-0.39, 0.29) is 60.9 Å². The molecule has 0 radical (unpaired) electrons. The molecule has 7 aliphatic heterocycles. The number of pyridine rings is 3. The molecule has 10 heterocycles. The van der Waals surface area contributed by atoms with Gasteiger partial charge in [-0.1, -0.05) is 270 Å². The SMILES string of the molecule is Brc1ccc(N2c3ccccc3Oc3ccccc32)cn1.C.F.O=P12c3ccccc3B(Br)c3cccc(c31)B(Br)c1ccccc12.O=P12c3ccccc3B(c3ccc(N4c5ccccc5OC5C=CC=CC54)cn3)c3cccc(c31)B(c1ccc(N3c4ccccc4OC4C=CC=CC43)cn1)c1ccccc12. The Labute approximate surface area is 658 Å². The first-order valence-corrected chi connectivity index (χ1v) is 41.8. The molecule has 10 aromatic carbocycles. The number of anilines is 7. The molecule has 11 nitrogen and oxygen atoms in total. The second-order valence-electron chi connectivity index (χ2n) is 27.6. The summed E-state index contributed by atoms with van der Waals surface area (Å²) in [6, 6.07) is 90.7. The van der Waals surface area contributed by atoms with Crippen molar-refractivity contribution in [3.63, 3.8) is 0 Å². The number of hydrogen-bond acceptors (Lipinski definition) is 11. The highest BCUT2D eigenvalue weighted by Crippen LogP contribution is 2.51. The number of ether oxygens (including phenoxy) is 3. The molecular weight excluding hydrogens is 1580 g/mol. The van der Waals surface area contributed by atoms with Crippen LogP contribution in [0.1, 0.15) is 7.43 Å². The van der Waals surface area contributed by atoms with Gasteiger partial charge in [-0.05, 0) is 113 Å². The van der Waals surface area contributed by atoms with E-state index in [4.69, 9.17) is 24.2 Å². The zero-order valence-electron chi connectivity index (χ0n) is 57.5. The molecule has 2 aliphatic carbocycles. The molecule has 0 bridgehead atoms. The van der Waals surface area contributed by atoms with Crippen LogP contribution in [0.2, 0.25) is 0 Å². The van der Waals surface area contributed by atoms with E-state index in [2.05, 4.69) is 237 Å². The molecule has 0 saturated carbocycles. The molecule has 0 fully saturated rings. The van der Waals surface area contributed by atoms with E-state index in [0.717, 1.165) is 154 Å². The van der Waals surface area contributed by atoms with Crippen molar-refractivity contribution in [1.29, 1.82) is 0 Å². The summed E-state index contributed by atoms with van der Waals surface area (Å²) in [4.78, 5) is 21.7. The molecule has 526 valence electrons. The second-order valence-corrected chi connectivity index (χ2v) is 35.5. The number of para-hydroxylation sites is 8. The van der Waals surface area contributed by atoms with Crippen LogP contribution in [-0.4, -0.2) is 63.7 Å². The molecule has 3 aromatic heterocycles. The van der Waals surface area contributed by atoms with E-state index in [1.807, 2.05) is 164 Å². The average Bonchev–Trinajstić information content (AvgIpc) is 0.685. The molecule has 22 rings (SSSR count). The van der Waals surface area contributed by atoms with E-state index < -0.39 is 14.3 Å². The Morgan fingerprint density at radius 2 is 0.697 bits per heavy atom. The van der Waals surface area contributed by atoms with E-state index in [1.54, 1.807) is 0 Å². The second kappa shape index (κ2) is 28.2. The first kappa shape index (κ1) is 70.2. The number of halogens is 4. The third-order valence-corrected chi connectivity index (χ3v) is 30.9. The smallest absolute Gasteiger partial charge is 0.288 e. The Kier molecular flexibility index (Phi) is 18.1. The Morgan fingerprint density at radius 1 is 0.349 bits per heavy atom. The highest BCUT2D eigenvalue weighted by atomic mass is 79.9. The third kappa shape index (κ3) is 11.2. The van der Waals surface area contributed by atoms with Gasteiger partial charge in [0.1, 0.15) is 28.3 Å². The zero-order chi connectivity index (χ0) is 71.7. The van der Waals surface area contributed by atoms with Crippen molar-refractivity contribution in [3.8, 4) is 23.0 Å². The van der Waals surface area contributed by atoms with Crippen LogP contribution in [0.15, 0.2) is 339 Å². The van der Waals surface area contributed by atoms with Gasteiger partial charge >= 0.3 is 0 Å². The van der Waals surface area contributed by atoms with Gasteiger partial charge in [0.15, 0.2) is 25.8 Å². The Balaban J connectivity index is 0.000000144. The van der Waals surface area contributed by atoms with E-state index in [1.165, 1.54) is 0 Å². The molecule has 0 N–H and O–H groups in total. The molecule has 0 amide bonds. The summed E-state index contributed by atoms with van der Waals surface area (Å²) >= 11 is 11.1. The molecule has 4 atom stereocenters. The quantitative estimate of drug-likeness (QED) is 0.0933. The fraction of sp³-hybridized carbons (Fsp3) is 0.0568. The molecule has 4 unspecified atom stereocenters. The van der Waals surface area contributed by atoms with Crippen LogP contribution in [0, 0.1) is 0 Å². The maximum atomic E-state index is 16.4. The highest BCUT2D eigenvalue weighted by Gasteiger charge is 2.53. The average molecular weight is 1650 g/mol. The molecule has 21 heteroatoms. The fourth-order valence-electron chi connectivity index (χ4n) is 17.3. The largest absolute Gasteiger partial charge is 0.482 e. The first-order valence-electron chi connectivity index (χ1n) is 35.7. The maximum absolute atomic E-state index is 16.4. The Hall–Kier alpha value is -10.5. The van der Waals surface area contributed by atoms with Gasteiger partial charge in [-0.25, -0.2) is 4.98 Å². The van der Waals surface area contributed by atoms with Gasteiger partial charge in [0, 0.05) is 55.4 Å². The van der Waals surface area contributed by atoms with Gasteiger partial charge in [-0.2, -0.15) is 0 Å².